The van der Waals surface area contributed by atoms with Crippen LogP contribution in [0.25, 0.3) is 11.3 Å². The standard InChI is InChI=1S/C13H17N3O/c1-9(2)8-16-12(7-13(17)15-16)10-3-5-11(14)6-4-10/h3-7,9H,8,14H2,1-2H3,(H,15,17). The van der Waals surface area contributed by atoms with Gasteiger partial charge in [-0.3, -0.25) is 14.6 Å². The first-order valence-electron chi connectivity index (χ1n) is 5.72. The number of H-pyrrole nitrogens is 1. The van der Waals surface area contributed by atoms with E-state index in [9.17, 15) is 4.79 Å². The third-order valence-corrected chi connectivity index (χ3v) is 2.56. The number of nitrogens with one attached hydrogen (secondary N) is 1. The molecule has 0 saturated heterocycles. The molecule has 3 N–H and O–H groups in total. The second-order valence-electron chi connectivity index (χ2n) is 4.63. The molecule has 2 rings (SSSR count). The summed E-state index contributed by atoms with van der Waals surface area (Å²) in [4.78, 5) is 11.4. The van der Waals surface area contributed by atoms with E-state index in [0.29, 0.717) is 5.92 Å². The Hall–Kier alpha value is -1.97. The summed E-state index contributed by atoms with van der Waals surface area (Å²) in [5, 5.41) is 2.82. The molecule has 0 aliphatic carbocycles. The molecule has 0 spiro atoms. The van der Waals surface area contributed by atoms with Crippen LogP contribution in [-0.4, -0.2) is 9.78 Å². The Morgan fingerprint density at radius 3 is 2.53 bits per heavy atom. The van der Waals surface area contributed by atoms with Crippen LogP contribution in [0.5, 0.6) is 0 Å². The van der Waals surface area contributed by atoms with Gasteiger partial charge in [-0.1, -0.05) is 26.0 Å². The quantitative estimate of drug-likeness (QED) is 0.794. The number of benzene rings is 1. The largest absolute Gasteiger partial charge is 0.399 e. The highest BCUT2D eigenvalue weighted by atomic mass is 16.1. The second kappa shape index (κ2) is 4.49. The van der Waals surface area contributed by atoms with E-state index >= 15 is 0 Å². The molecule has 0 amide bonds. The Kier molecular flexibility index (Phi) is 3.04. The van der Waals surface area contributed by atoms with E-state index in [4.69, 9.17) is 5.73 Å². The van der Waals surface area contributed by atoms with Crippen LogP contribution in [0.2, 0.25) is 0 Å². The summed E-state index contributed by atoms with van der Waals surface area (Å²) >= 11 is 0. The lowest BCUT2D eigenvalue weighted by atomic mass is 10.1. The van der Waals surface area contributed by atoms with E-state index < -0.39 is 0 Å². The number of rotatable bonds is 3. The minimum atomic E-state index is -0.0718. The number of aromatic nitrogens is 2. The van der Waals surface area contributed by atoms with Gasteiger partial charge in [0.1, 0.15) is 0 Å². The molecule has 90 valence electrons. The predicted molar refractivity (Wildman–Crippen MR) is 69.7 cm³/mol. The summed E-state index contributed by atoms with van der Waals surface area (Å²) in [5.41, 5.74) is 8.21. The van der Waals surface area contributed by atoms with E-state index in [2.05, 4.69) is 18.9 Å². The molecule has 0 aliphatic rings. The van der Waals surface area contributed by atoms with Gasteiger partial charge in [0, 0.05) is 18.3 Å². The Balaban J connectivity index is 2.43. The number of nitrogens with zero attached hydrogens (tertiary/aromatic N) is 1. The number of aromatic amines is 1. The maximum Gasteiger partial charge on any atom is 0.264 e. The van der Waals surface area contributed by atoms with Gasteiger partial charge in [0.2, 0.25) is 0 Å². The topological polar surface area (TPSA) is 63.8 Å². The molecule has 0 radical (unpaired) electrons. The number of hydrogen-bond donors (Lipinski definition) is 2. The van der Waals surface area contributed by atoms with Crippen molar-refractivity contribution in [2.24, 2.45) is 5.92 Å². The fraction of sp³-hybridized carbons (Fsp3) is 0.308. The third-order valence-electron chi connectivity index (χ3n) is 2.56. The SMILES string of the molecule is CC(C)Cn1[nH]c(=O)cc1-c1ccc(N)cc1. The van der Waals surface area contributed by atoms with Crippen LogP contribution in [0, 0.1) is 5.92 Å². The molecular formula is C13H17N3O. The molecule has 1 heterocycles. The zero-order valence-corrected chi connectivity index (χ0v) is 10.1. The first-order valence-corrected chi connectivity index (χ1v) is 5.72. The molecule has 4 nitrogen and oxygen atoms in total. The van der Waals surface area contributed by atoms with Crippen molar-refractivity contribution in [3.05, 3.63) is 40.7 Å². The van der Waals surface area contributed by atoms with Gasteiger partial charge in [-0.05, 0) is 23.6 Å². The summed E-state index contributed by atoms with van der Waals surface area (Å²) in [6.07, 6.45) is 0. The van der Waals surface area contributed by atoms with Crippen LogP contribution in [0.15, 0.2) is 35.1 Å². The number of nitrogens with two attached hydrogens (primary N) is 1. The van der Waals surface area contributed by atoms with Crippen molar-refractivity contribution in [2.75, 3.05) is 5.73 Å². The van der Waals surface area contributed by atoms with Gasteiger partial charge in [-0.15, -0.1) is 0 Å². The summed E-state index contributed by atoms with van der Waals surface area (Å²) in [6, 6.07) is 9.15. The molecule has 0 unspecified atom stereocenters. The van der Waals surface area contributed by atoms with Crippen molar-refractivity contribution in [3.63, 3.8) is 0 Å². The van der Waals surface area contributed by atoms with Crippen LogP contribution in [0.4, 0.5) is 5.69 Å². The second-order valence-corrected chi connectivity index (χ2v) is 4.63. The van der Waals surface area contributed by atoms with Crippen molar-refractivity contribution in [1.82, 2.24) is 9.78 Å². The molecule has 0 atom stereocenters. The van der Waals surface area contributed by atoms with Crippen molar-refractivity contribution >= 4 is 5.69 Å². The van der Waals surface area contributed by atoms with Crippen LogP contribution in [0.3, 0.4) is 0 Å². The zero-order chi connectivity index (χ0) is 12.4. The zero-order valence-electron chi connectivity index (χ0n) is 10.1. The van der Waals surface area contributed by atoms with Crippen molar-refractivity contribution < 1.29 is 0 Å². The lowest BCUT2D eigenvalue weighted by Gasteiger charge is -2.10. The molecule has 1 aromatic heterocycles. The Morgan fingerprint density at radius 2 is 1.94 bits per heavy atom. The van der Waals surface area contributed by atoms with Gasteiger partial charge in [-0.2, -0.15) is 0 Å². The van der Waals surface area contributed by atoms with Crippen molar-refractivity contribution in [1.29, 1.82) is 0 Å². The van der Waals surface area contributed by atoms with Crippen molar-refractivity contribution in [2.45, 2.75) is 20.4 Å². The van der Waals surface area contributed by atoms with Gasteiger partial charge in [0.25, 0.3) is 5.56 Å². The van der Waals surface area contributed by atoms with E-state index in [0.717, 1.165) is 23.5 Å². The normalized spacial score (nSPS) is 11.0. The minimum Gasteiger partial charge on any atom is -0.399 e. The molecule has 0 bridgehead atoms. The van der Waals surface area contributed by atoms with Crippen LogP contribution >= 0.6 is 0 Å². The maximum absolute atomic E-state index is 11.4. The minimum absolute atomic E-state index is 0.0718. The highest BCUT2D eigenvalue weighted by Gasteiger charge is 2.08. The molecule has 0 saturated carbocycles. The maximum atomic E-state index is 11.4. The lowest BCUT2D eigenvalue weighted by Crippen LogP contribution is -2.10. The molecule has 2 aromatic rings. The van der Waals surface area contributed by atoms with Gasteiger partial charge >= 0.3 is 0 Å². The fourth-order valence-electron chi connectivity index (χ4n) is 1.83. The summed E-state index contributed by atoms with van der Waals surface area (Å²) < 4.78 is 1.89. The van der Waals surface area contributed by atoms with Gasteiger partial charge in [-0.25, -0.2) is 0 Å². The fourth-order valence-corrected chi connectivity index (χ4v) is 1.83. The molecular weight excluding hydrogens is 214 g/mol. The van der Waals surface area contributed by atoms with E-state index in [1.54, 1.807) is 6.07 Å². The number of nitrogen functional groups attached to an aromatic ring is 1. The average molecular weight is 231 g/mol. The van der Waals surface area contributed by atoms with Crippen LogP contribution < -0.4 is 11.3 Å². The average Bonchev–Trinajstić information content (AvgIpc) is 2.59. The third kappa shape index (κ3) is 2.58. The van der Waals surface area contributed by atoms with E-state index in [1.165, 1.54) is 0 Å². The lowest BCUT2D eigenvalue weighted by molar-refractivity contribution is 0.485. The number of anilines is 1. The van der Waals surface area contributed by atoms with Crippen LogP contribution in [0.1, 0.15) is 13.8 Å². The predicted octanol–water partition coefficient (Wildman–Crippen LogP) is 2.08. The van der Waals surface area contributed by atoms with Crippen LogP contribution in [-0.2, 0) is 6.54 Å². The highest BCUT2D eigenvalue weighted by Crippen LogP contribution is 2.19. The summed E-state index contributed by atoms with van der Waals surface area (Å²) in [5.74, 6) is 0.477. The monoisotopic (exact) mass is 231 g/mol. The van der Waals surface area contributed by atoms with E-state index in [1.807, 2.05) is 28.9 Å². The van der Waals surface area contributed by atoms with Gasteiger partial charge < -0.3 is 5.73 Å². The van der Waals surface area contributed by atoms with Crippen molar-refractivity contribution in [3.8, 4) is 11.3 Å². The smallest absolute Gasteiger partial charge is 0.264 e. The number of hydrogen-bond acceptors (Lipinski definition) is 2. The molecule has 4 heteroatoms. The van der Waals surface area contributed by atoms with Gasteiger partial charge in [0.15, 0.2) is 0 Å². The first-order chi connectivity index (χ1) is 8.06. The molecule has 0 fully saturated rings. The van der Waals surface area contributed by atoms with Gasteiger partial charge in [0.05, 0.1) is 5.69 Å². The first kappa shape index (κ1) is 11.5. The Morgan fingerprint density at radius 1 is 1.29 bits per heavy atom. The van der Waals surface area contributed by atoms with E-state index in [-0.39, 0.29) is 5.56 Å². The Bertz CT molecular complexity index is 549. The highest BCUT2D eigenvalue weighted by molar-refractivity contribution is 5.61. The molecule has 17 heavy (non-hydrogen) atoms. The summed E-state index contributed by atoms with van der Waals surface area (Å²) in [6.45, 7) is 5.03. The molecule has 0 aliphatic heterocycles. The Labute approximate surface area is 100 Å². The molecule has 1 aromatic carbocycles. The summed E-state index contributed by atoms with van der Waals surface area (Å²) in [7, 11) is 0.